The molecule has 5 rings (SSSR count). The molecular formula is C36H38FN3O6S. The molecule has 4 aromatic rings. The number of benzene rings is 4. The summed E-state index contributed by atoms with van der Waals surface area (Å²) in [6.07, 6.45) is 0.238. The maximum atomic E-state index is 13.9. The van der Waals surface area contributed by atoms with Crippen LogP contribution in [0.4, 0.5) is 4.39 Å². The van der Waals surface area contributed by atoms with Crippen molar-refractivity contribution in [3.05, 3.63) is 131 Å². The van der Waals surface area contributed by atoms with Gasteiger partial charge in [-0.25, -0.2) is 12.8 Å². The third-order valence-corrected chi connectivity index (χ3v) is 9.83. The van der Waals surface area contributed by atoms with Crippen LogP contribution in [0.1, 0.15) is 22.3 Å². The Hall–Kier alpha value is -4.58. The second-order valence-electron chi connectivity index (χ2n) is 11.3. The van der Waals surface area contributed by atoms with Crippen molar-refractivity contribution >= 4 is 21.8 Å². The van der Waals surface area contributed by atoms with E-state index in [1.165, 1.54) is 45.6 Å². The van der Waals surface area contributed by atoms with Gasteiger partial charge in [-0.05, 0) is 60.0 Å². The molecule has 4 aromatic carbocycles. The van der Waals surface area contributed by atoms with Gasteiger partial charge in [0.2, 0.25) is 15.9 Å². The zero-order valence-corrected chi connectivity index (χ0v) is 27.0. The fourth-order valence-corrected chi connectivity index (χ4v) is 6.63. The van der Waals surface area contributed by atoms with Crippen LogP contribution in [0.25, 0.3) is 0 Å². The lowest BCUT2D eigenvalue weighted by Crippen LogP contribution is -2.51. The van der Waals surface area contributed by atoms with E-state index in [0.29, 0.717) is 24.5 Å². The topological polar surface area (TPSA) is 105 Å². The van der Waals surface area contributed by atoms with Crippen LogP contribution in [0.3, 0.4) is 0 Å². The van der Waals surface area contributed by atoms with Crippen molar-refractivity contribution in [1.29, 1.82) is 0 Å². The predicted molar refractivity (Wildman–Crippen MR) is 175 cm³/mol. The molecule has 0 bridgehead atoms. The van der Waals surface area contributed by atoms with Crippen LogP contribution >= 0.6 is 0 Å². The van der Waals surface area contributed by atoms with Crippen LogP contribution in [0.15, 0.2) is 108 Å². The Bertz CT molecular complexity index is 1730. The number of nitrogens with zero attached hydrogens (tertiary/aromatic N) is 2. The number of carbonyl (C=O) groups is 2. The number of ether oxygens (including phenoxy) is 2. The summed E-state index contributed by atoms with van der Waals surface area (Å²) in [6, 6.07) is 28.0. The largest absolute Gasteiger partial charge is 0.484 e. The highest BCUT2D eigenvalue weighted by Gasteiger charge is 2.31. The van der Waals surface area contributed by atoms with E-state index in [9.17, 15) is 22.4 Å². The summed E-state index contributed by atoms with van der Waals surface area (Å²) in [5.41, 5.74) is 3.52. The standard InChI is InChI=1S/C36H38FN3O6S/c1-27-7-9-29(10-8-27)24-38-36(42)34(23-28-5-3-2-4-6-28)40(25-30-11-13-31(37)14-12-30)35(41)26-46-32-15-17-33(18-16-32)47(43,44)39-19-21-45-22-20-39/h2-18,34H,19-26H2,1H3,(H,38,42). The summed E-state index contributed by atoms with van der Waals surface area (Å²) in [4.78, 5) is 29.3. The second kappa shape index (κ2) is 15.8. The molecule has 1 unspecified atom stereocenters. The Morgan fingerprint density at radius 1 is 0.872 bits per heavy atom. The van der Waals surface area contributed by atoms with Crippen LogP contribution in [-0.2, 0) is 43.9 Å². The Morgan fingerprint density at radius 3 is 2.17 bits per heavy atom. The fraction of sp³-hybridized carbons (Fsp3) is 0.278. The van der Waals surface area contributed by atoms with E-state index in [-0.39, 0.29) is 43.4 Å². The molecule has 47 heavy (non-hydrogen) atoms. The molecule has 1 aliphatic rings. The highest BCUT2D eigenvalue weighted by Crippen LogP contribution is 2.21. The first-order valence-corrected chi connectivity index (χ1v) is 16.8. The van der Waals surface area contributed by atoms with Gasteiger partial charge in [0.15, 0.2) is 6.61 Å². The first-order chi connectivity index (χ1) is 22.7. The summed E-state index contributed by atoms with van der Waals surface area (Å²) in [6.45, 7) is 3.13. The minimum absolute atomic E-state index is 0.0364. The molecule has 1 heterocycles. The van der Waals surface area contributed by atoms with E-state index >= 15 is 0 Å². The van der Waals surface area contributed by atoms with Gasteiger partial charge < -0.3 is 19.7 Å². The van der Waals surface area contributed by atoms with Crippen LogP contribution in [0.5, 0.6) is 5.75 Å². The molecule has 0 aliphatic carbocycles. The Labute approximate surface area is 275 Å². The number of sulfonamides is 1. The van der Waals surface area contributed by atoms with Crippen LogP contribution in [0.2, 0.25) is 0 Å². The number of morpholine rings is 1. The maximum absolute atomic E-state index is 13.9. The fourth-order valence-electron chi connectivity index (χ4n) is 5.23. The molecule has 1 N–H and O–H groups in total. The molecule has 11 heteroatoms. The number of hydrogen-bond acceptors (Lipinski definition) is 6. The van der Waals surface area contributed by atoms with Gasteiger partial charge in [-0.3, -0.25) is 9.59 Å². The molecule has 2 amide bonds. The van der Waals surface area contributed by atoms with Crippen molar-refractivity contribution in [1.82, 2.24) is 14.5 Å². The van der Waals surface area contributed by atoms with Gasteiger partial charge in [0.1, 0.15) is 17.6 Å². The van der Waals surface area contributed by atoms with Gasteiger partial charge in [-0.1, -0.05) is 72.3 Å². The molecule has 1 saturated heterocycles. The van der Waals surface area contributed by atoms with Gasteiger partial charge in [-0.15, -0.1) is 0 Å². The maximum Gasteiger partial charge on any atom is 0.261 e. The average molecular weight is 660 g/mol. The highest BCUT2D eigenvalue weighted by molar-refractivity contribution is 7.89. The molecule has 1 aliphatic heterocycles. The van der Waals surface area contributed by atoms with E-state index in [0.717, 1.165) is 16.7 Å². The molecule has 0 saturated carbocycles. The van der Waals surface area contributed by atoms with E-state index < -0.39 is 34.4 Å². The smallest absolute Gasteiger partial charge is 0.261 e. The molecule has 0 spiro atoms. The Morgan fingerprint density at radius 2 is 1.51 bits per heavy atom. The second-order valence-corrected chi connectivity index (χ2v) is 13.3. The normalized spacial score (nSPS) is 14.3. The number of rotatable bonds is 13. The van der Waals surface area contributed by atoms with Gasteiger partial charge >= 0.3 is 0 Å². The zero-order valence-electron chi connectivity index (χ0n) is 26.2. The SMILES string of the molecule is Cc1ccc(CNC(=O)C(Cc2ccccc2)N(Cc2ccc(F)cc2)C(=O)COc2ccc(S(=O)(=O)N3CCOCC3)cc2)cc1. The van der Waals surface area contributed by atoms with E-state index in [2.05, 4.69) is 5.32 Å². The van der Waals surface area contributed by atoms with E-state index in [1.807, 2.05) is 61.5 Å². The molecule has 1 fully saturated rings. The third-order valence-electron chi connectivity index (χ3n) is 7.92. The predicted octanol–water partition coefficient (Wildman–Crippen LogP) is 4.49. The minimum Gasteiger partial charge on any atom is -0.484 e. The lowest BCUT2D eigenvalue weighted by Gasteiger charge is -2.31. The quantitative estimate of drug-likeness (QED) is 0.227. The van der Waals surface area contributed by atoms with Gasteiger partial charge in [0, 0.05) is 32.6 Å². The van der Waals surface area contributed by atoms with Crippen molar-refractivity contribution in [3.63, 3.8) is 0 Å². The first-order valence-electron chi connectivity index (χ1n) is 15.4. The van der Waals surface area contributed by atoms with Crippen molar-refractivity contribution in [2.75, 3.05) is 32.9 Å². The monoisotopic (exact) mass is 659 g/mol. The molecular weight excluding hydrogens is 621 g/mol. The average Bonchev–Trinajstić information content (AvgIpc) is 3.10. The van der Waals surface area contributed by atoms with Crippen molar-refractivity contribution in [3.8, 4) is 5.75 Å². The van der Waals surface area contributed by atoms with Crippen molar-refractivity contribution in [2.45, 2.75) is 37.4 Å². The molecule has 9 nitrogen and oxygen atoms in total. The van der Waals surface area contributed by atoms with Crippen molar-refractivity contribution in [2.24, 2.45) is 0 Å². The number of halogens is 1. The highest BCUT2D eigenvalue weighted by atomic mass is 32.2. The van der Waals surface area contributed by atoms with Gasteiger partial charge in [-0.2, -0.15) is 4.31 Å². The van der Waals surface area contributed by atoms with Gasteiger partial charge in [0.05, 0.1) is 18.1 Å². The Kier molecular flexibility index (Phi) is 11.4. The van der Waals surface area contributed by atoms with Crippen molar-refractivity contribution < 1.29 is 31.9 Å². The molecule has 0 aromatic heterocycles. The number of hydrogen-bond donors (Lipinski definition) is 1. The lowest BCUT2D eigenvalue weighted by molar-refractivity contribution is -0.142. The number of nitrogens with one attached hydrogen (secondary N) is 1. The summed E-state index contributed by atoms with van der Waals surface area (Å²) >= 11 is 0. The van der Waals surface area contributed by atoms with Crippen LogP contribution < -0.4 is 10.1 Å². The third kappa shape index (κ3) is 9.25. The molecule has 0 radical (unpaired) electrons. The Balaban J connectivity index is 1.35. The lowest BCUT2D eigenvalue weighted by atomic mass is 10.0. The minimum atomic E-state index is -3.69. The number of amides is 2. The number of carbonyl (C=O) groups excluding carboxylic acids is 2. The summed E-state index contributed by atoms with van der Waals surface area (Å²) < 4.78 is 52.2. The summed E-state index contributed by atoms with van der Waals surface area (Å²) in [5, 5.41) is 2.99. The van der Waals surface area contributed by atoms with Crippen LogP contribution in [-0.4, -0.2) is 68.4 Å². The molecule has 1 atom stereocenters. The zero-order chi connectivity index (χ0) is 33.2. The first kappa shape index (κ1) is 33.8. The van der Waals surface area contributed by atoms with Gasteiger partial charge in [0.25, 0.3) is 5.91 Å². The van der Waals surface area contributed by atoms with Crippen LogP contribution in [0, 0.1) is 12.7 Å². The van der Waals surface area contributed by atoms with E-state index in [4.69, 9.17) is 9.47 Å². The summed E-state index contributed by atoms with van der Waals surface area (Å²) in [7, 11) is -3.69. The molecule has 246 valence electrons. The number of aryl methyl sites for hydroxylation is 1. The summed E-state index contributed by atoms with van der Waals surface area (Å²) in [5.74, 6) is -0.927. The van der Waals surface area contributed by atoms with E-state index in [1.54, 1.807) is 12.1 Å².